The molecule has 0 spiro atoms. The van der Waals surface area contributed by atoms with E-state index in [-0.39, 0.29) is 6.10 Å². The molecule has 3 rings (SSSR count). The number of aliphatic hydroxyl groups is 1. The highest BCUT2D eigenvalue weighted by Crippen LogP contribution is 2.31. The Morgan fingerprint density at radius 1 is 1.10 bits per heavy atom. The number of rotatable bonds is 4. The molecule has 0 saturated heterocycles. The minimum Gasteiger partial charge on any atom is -0.493 e. The number of hydrogen-bond acceptors (Lipinski definition) is 2. The van der Waals surface area contributed by atoms with Gasteiger partial charge in [-0.3, -0.25) is 0 Å². The predicted octanol–water partition coefficient (Wildman–Crippen LogP) is 3.68. The molecule has 0 aromatic heterocycles. The van der Waals surface area contributed by atoms with Gasteiger partial charge in [0.2, 0.25) is 0 Å². The molecule has 1 atom stereocenters. The topological polar surface area (TPSA) is 29.5 Å². The van der Waals surface area contributed by atoms with Crippen LogP contribution in [0.2, 0.25) is 0 Å². The smallest absolute Gasteiger partial charge is 0.119 e. The first-order chi connectivity index (χ1) is 9.83. The van der Waals surface area contributed by atoms with Crippen molar-refractivity contribution in [1.82, 2.24) is 0 Å². The lowest BCUT2D eigenvalue weighted by Gasteiger charge is -2.21. The van der Waals surface area contributed by atoms with Gasteiger partial charge in [-0.1, -0.05) is 36.4 Å². The van der Waals surface area contributed by atoms with Crippen LogP contribution in [0.3, 0.4) is 0 Å². The summed E-state index contributed by atoms with van der Waals surface area (Å²) >= 11 is 0. The van der Waals surface area contributed by atoms with Crippen molar-refractivity contribution in [2.24, 2.45) is 0 Å². The molecule has 0 heterocycles. The van der Waals surface area contributed by atoms with Gasteiger partial charge in [0.1, 0.15) is 5.75 Å². The Morgan fingerprint density at radius 3 is 2.80 bits per heavy atom. The third kappa shape index (κ3) is 3.02. The Bertz CT molecular complexity index is 563. The van der Waals surface area contributed by atoms with E-state index in [1.165, 1.54) is 11.1 Å². The number of benzene rings is 2. The molecule has 1 aliphatic carbocycles. The summed E-state index contributed by atoms with van der Waals surface area (Å²) in [6, 6.07) is 16.4. The van der Waals surface area contributed by atoms with Crippen molar-refractivity contribution >= 4 is 0 Å². The first-order valence-corrected chi connectivity index (χ1v) is 7.30. The summed E-state index contributed by atoms with van der Waals surface area (Å²) in [5.74, 6) is 0.911. The molecule has 0 radical (unpaired) electrons. The number of hydrogen-bond donors (Lipinski definition) is 1. The van der Waals surface area contributed by atoms with Crippen molar-refractivity contribution in [1.29, 1.82) is 0 Å². The van der Waals surface area contributed by atoms with Crippen molar-refractivity contribution in [2.45, 2.75) is 31.8 Å². The largest absolute Gasteiger partial charge is 0.493 e. The summed E-state index contributed by atoms with van der Waals surface area (Å²) in [4.78, 5) is 0. The fourth-order valence-electron chi connectivity index (χ4n) is 2.79. The third-order valence-corrected chi connectivity index (χ3v) is 3.90. The summed E-state index contributed by atoms with van der Waals surface area (Å²) in [5.41, 5.74) is 3.61. The lowest BCUT2D eigenvalue weighted by molar-refractivity contribution is 0.156. The Labute approximate surface area is 120 Å². The van der Waals surface area contributed by atoms with Crippen LogP contribution in [0.4, 0.5) is 0 Å². The van der Waals surface area contributed by atoms with Crippen LogP contribution in [-0.2, 0) is 12.8 Å². The molecule has 2 aromatic carbocycles. The van der Waals surface area contributed by atoms with Crippen LogP contribution in [0.1, 0.15) is 35.6 Å². The average Bonchev–Trinajstić information content (AvgIpc) is 2.48. The molecule has 2 nitrogen and oxygen atoms in total. The van der Waals surface area contributed by atoms with E-state index in [2.05, 4.69) is 30.3 Å². The van der Waals surface area contributed by atoms with E-state index < -0.39 is 0 Å². The Balaban J connectivity index is 1.61. The van der Waals surface area contributed by atoms with Crippen LogP contribution in [0.15, 0.2) is 48.5 Å². The first kappa shape index (κ1) is 13.2. The van der Waals surface area contributed by atoms with Crippen molar-refractivity contribution < 1.29 is 9.84 Å². The quantitative estimate of drug-likeness (QED) is 0.916. The molecule has 20 heavy (non-hydrogen) atoms. The lowest BCUT2D eigenvalue weighted by atomic mass is 9.89. The van der Waals surface area contributed by atoms with E-state index in [1.807, 2.05) is 18.2 Å². The molecular weight excluding hydrogens is 248 g/mol. The number of fused-ring (bicyclic) bond motifs is 1. The van der Waals surface area contributed by atoms with Crippen LogP contribution in [0.25, 0.3) is 0 Å². The highest BCUT2D eigenvalue weighted by molar-refractivity contribution is 5.38. The standard InChI is InChI=1S/C18H20O2/c19-18-8-4-7-15-13-16(9-10-17(15)18)20-12-11-14-5-2-1-3-6-14/h1-3,5-6,9-10,13,18-19H,4,7-8,11-12H2. The zero-order valence-electron chi connectivity index (χ0n) is 11.6. The van der Waals surface area contributed by atoms with Crippen LogP contribution >= 0.6 is 0 Å². The SMILES string of the molecule is OC1CCCc2cc(OCCc3ccccc3)ccc21. The van der Waals surface area contributed by atoms with Crippen LogP contribution in [-0.4, -0.2) is 11.7 Å². The molecule has 2 aromatic rings. The molecular formula is C18H20O2. The molecule has 1 unspecified atom stereocenters. The summed E-state index contributed by atoms with van der Waals surface area (Å²) in [6.07, 6.45) is 3.60. The normalized spacial score (nSPS) is 17.6. The molecule has 0 bridgehead atoms. The van der Waals surface area contributed by atoms with E-state index >= 15 is 0 Å². The van der Waals surface area contributed by atoms with Crippen LogP contribution in [0.5, 0.6) is 5.75 Å². The molecule has 1 aliphatic rings. The van der Waals surface area contributed by atoms with E-state index in [9.17, 15) is 5.11 Å². The minimum atomic E-state index is -0.294. The van der Waals surface area contributed by atoms with Crippen molar-refractivity contribution in [3.8, 4) is 5.75 Å². The minimum absolute atomic E-state index is 0.294. The highest BCUT2D eigenvalue weighted by atomic mass is 16.5. The number of ether oxygens (including phenoxy) is 1. The van der Waals surface area contributed by atoms with Crippen molar-refractivity contribution in [3.05, 3.63) is 65.2 Å². The maximum absolute atomic E-state index is 9.94. The molecule has 0 amide bonds. The Kier molecular flexibility index (Phi) is 4.03. The van der Waals surface area contributed by atoms with Gasteiger partial charge in [-0.2, -0.15) is 0 Å². The fraction of sp³-hybridized carbons (Fsp3) is 0.333. The van der Waals surface area contributed by atoms with E-state index in [1.54, 1.807) is 0 Å². The highest BCUT2D eigenvalue weighted by Gasteiger charge is 2.17. The Morgan fingerprint density at radius 2 is 1.95 bits per heavy atom. The van der Waals surface area contributed by atoms with Gasteiger partial charge < -0.3 is 9.84 Å². The predicted molar refractivity (Wildman–Crippen MR) is 80.0 cm³/mol. The van der Waals surface area contributed by atoms with Gasteiger partial charge in [0, 0.05) is 6.42 Å². The monoisotopic (exact) mass is 268 g/mol. The average molecular weight is 268 g/mol. The summed E-state index contributed by atoms with van der Waals surface area (Å²) in [7, 11) is 0. The first-order valence-electron chi connectivity index (χ1n) is 7.30. The second kappa shape index (κ2) is 6.10. The van der Waals surface area contributed by atoms with Gasteiger partial charge >= 0.3 is 0 Å². The fourth-order valence-corrected chi connectivity index (χ4v) is 2.79. The summed E-state index contributed by atoms with van der Waals surface area (Å²) < 4.78 is 5.83. The molecule has 0 saturated carbocycles. The van der Waals surface area contributed by atoms with Crippen LogP contribution in [0, 0.1) is 0 Å². The van der Waals surface area contributed by atoms with Crippen molar-refractivity contribution in [3.63, 3.8) is 0 Å². The van der Waals surface area contributed by atoms with Crippen LogP contribution < -0.4 is 4.74 Å². The maximum Gasteiger partial charge on any atom is 0.119 e. The summed E-state index contributed by atoms with van der Waals surface area (Å²) in [6.45, 7) is 0.686. The van der Waals surface area contributed by atoms with Gasteiger partial charge in [-0.15, -0.1) is 0 Å². The summed E-state index contributed by atoms with van der Waals surface area (Å²) in [5, 5.41) is 9.94. The molecule has 1 N–H and O–H groups in total. The van der Waals surface area contributed by atoms with Gasteiger partial charge in [-0.05, 0) is 48.1 Å². The zero-order chi connectivity index (χ0) is 13.8. The Hall–Kier alpha value is -1.80. The maximum atomic E-state index is 9.94. The number of aliphatic hydroxyl groups excluding tert-OH is 1. The van der Waals surface area contributed by atoms with Gasteiger partial charge in [0.15, 0.2) is 0 Å². The second-order valence-electron chi connectivity index (χ2n) is 5.35. The van der Waals surface area contributed by atoms with Gasteiger partial charge in [0.05, 0.1) is 12.7 Å². The van der Waals surface area contributed by atoms with E-state index in [0.29, 0.717) is 6.61 Å². The van der Waals surface area contributed by atoms with E-state index in [4.69, 9.17) is 4.74 Å². The van der Waals surface area contributed by atoms with E-state index in [0.717, 1.165) is 37.0 Å². The molecule has 0 fully saturated rings. The molecule has 0 aliphatic heterocycles. The second-order valence-corrected chi connectivity index (χ2v) is 5.35. The lowest BCUT2D eigenvalue weighted by Crippen LogP contribution is -2.09. The van der Waals surface area contributed by atoms with Gasteiger partial charge in [-0.25, -0.2) is 0 Å². The number of aryl methyl sites for hydroxylation is 1. The van der Waals surface area contributed by atoms with Crippen molar-refractivity contribution in [2.75, 3.05) is 6.61 Å². The molecule has 104 valence electrons. The molecule has 2 heteroatoms. The third-order valence-electron chi connectivity index (χ3n) is 3.90. The van der Waals surface area contributed by atoms with Gasteiger partial charge in [0.25, 0.3) is 0 Å². The zero-order valence-corrected chi connectivity index (χ0v) is 11.6.